The second kappa shape index (κ2) is 9.72. The molecule has 1 aromatic heterocycles. The minimum absolute atomic E-state index is 0.163. The van der Waals surface area contributed by atoms with Crippen LogP contribution in [-0.2, 0) is 6.54 Å². The van der Waals surface area contributed by atoms with E-state index in [1.165, 1.54) is 32.4 Å². The largest absolute Gasteiger partial charge is 0.478 e. The molecule has 2 aliphatic heterocycles. The van der Waals surface area contributed by atoms with Gasteiger partial charge in [-0.25, -0.2) is 4.79 Å². The molecular formula is C28H33N3O3. The van der Waals surface area contributed by atoms with E-state index < -0.39 is 5.97 Å². The molecule has 34 heavy (non-hydrogen) atoms. The SMILES string of the molecule is Cc1cccc(-n2c(CN3CCC(N4CCCCC4)CC3)c(C(=O)O)c3ccccc3c2=O)c1. The zero-order valence-electron chi connectivity index (χ0n) is 19.9. The zero-order valence-corrected chi connectivity index (χ0v) is 19.9. The van der Waals surface area contributed by atoms with Gasteiger partial charge in [-0.1, -0.05) is 36.8 Å². The van der Waals surface area contributed by atoms with Crippen molar-refractivity contribution >= 4 is 16.7 Å². The van der Waals surface area contributed by atoms with Gasteiger partial charge in [0.1, 0.15) is 0 Å². The van der Waals surface area contributed by atoms with Gasteiger partial charge < -0.3 is 10.0 Å². The van der Waals surface area contributed by atoms with Gasteiger partial charge in [-0.05, 0) is 69.5 Å². The highest BCUT2D eigenvalue weighted by molar-refractivity contribution is 6.04. The highest BCUT2D eigenvalue weighted by Crippen LogP contribution is 2.27. The van der Waals surface area contributed by atoms with Crippen LogP contribution in [0.2, 0.25) is 0 Å². The van der Waals surface area contributed by atoms with Crippen molar-refractivity contribution in [1.82, 2.24) is 14.4 Å². The van der Waals surface area contributed by atoms with Crippen LogP contribution >= 0.6 is 0 Å². The molecule has 0 bridgehead atoms. The van der Waals surface area contributed by atoms with Crippen LogP contribution in [0, 0.1) is 6.92 Å². The molecule has 0 aliphatic carbocycles. The molecule has 0 amide bonds. The van der Waals surface area contributed by atoms with Crippen molar-refractivity contribution in [2.24, 2.45) is 0 Å². The number of hydrogen-bond acceptors (Lipinski definition) is 4. The van der Waals surface area contributed by atoms with Crippen LogP contribution < -0.4 is 5.56 Å². The van der Waals surface area contributed by atoms with Gasteiger partial charge in [0.15, 0.2) is 0 Å². The van der Waals surface area contributed by atoms with E-state index in [0.717, 1.165) is 37.2 Å². The second-order valence-corrected chi connectivity index (χ2v) is 9.76. The molecule has 0 atom stereocenters. The molecule has 178 valence electrons. The molecule has 0 unspecified atom stereocenters. The number of carboxylic acids is 1. The normalized spacial score (nSPS) is 18.4. The molecule has 2 aliphatic rings. The van der Waals surface area contributed by atoms with Gasteiger partial charge in [0.05, 0.1) is 11.3 Å². The van der Waals surface area contributed by atoms with Crippen LogP contribution in [0.25, 0.3) is 16.5 Å². The Hall–Kier alpha value is -2.96. The number of piperidine rings is 2. The lowest BCUT2D eigenvalue weighted by molar-refractivity contribution is 0.0690. The highest BCUT2D eigenvalue weighted by Gasteiger charge is 2.28. The third-order valence-electron chi connectivity index (χ3n) is 7.50. The van der Waals surface area contributed by atoms with E-state index >= 15 is 0 Å². The summed E-state index contributed by atoms with van der Waals surface area (Å²) in [6.07, 6.45) is 6.10. The average Bonchev–Trinajstić information content (AvgIpc) is 2.85. The van der Waals surface area contributed by atoms with Gasteiger partial charge in [-0.2, -0.15) is 0 Å². The molecular weight excluding hydrogens is 426 g/mol. The van der Waals surface area contributed by atoms with Gasteiger partial charge in [0.2, 0.25) is 0 Å². The Morgan fingerprint density at radius 3 is 2.32 bits per heavy atom. The van der Waals surface area contributed by atoms with E-state index in [4.69, 9.17) is 0 Å². The number of pyridine rings is 1. The summed E-state index contributed by atoms with van der Waals surface area (Å²) in [5.41, 5.74) is 2.39. The van der Waals surface area contributed by atoms with E-state index in [1.807, 2.05) is 31.2 Å². The molecule has 0 spiro atoms. The molecule has 3 aromatic rings. The van der Waals surface area contributed by atoms with E-state index in [2.05, 4.69) is 9.80 Å². The summed E-state index contributed by atoms with van der Waals surface area (Å²) >= 11 is 0. The quantitative estimate of drug-likeness (QED) is 0.611. The first-order chi connectivity index (χ1) is 16.5. The fourth-order valence-electron chi connectivity index (χ4n) is 5.76. The molecule has 6 heteroatoms. The first-order valence-electron chi connectivity index (χ1n) is 12.5. The number of carboxylic acid groups (broad SMARTS) is 1. The topological polar surface area (TPSA) is 65.8 Å². The predicted molar refractivity (Wildman–Crippen MR) is 135 cm³/mol. The molecule has 0 radical (unpaired) electrons. The standard InChI is InChI=1S/C28H33N3O3/c1-20-8-7-9-22(18-20)31-25(26(28(33)34)23-10-3-4-11-24(23)27(31)32)19-29-16-12-21(13-17-29)30-14-5-2-6-15-30/h3-4,7-11,18,21H,2,5-6,12-17,19H2,1H3,(H,33,34). The smallest absolute Gasteiger partial charge is 0.338 e. The Bertz CT molecular complexity index is 1250. The van der Waals surface area contributed by atoms with Crippen molar-refractivity contribution in [3.8, 4) is 5.69 Å². The summed E-state index contributed by atoms with van der Waals surface area (Å²) in [5.74, 6) is -0.990. The molecule has 6 nitrogen and oxygen atoms in total. The summed E-state index contributed by atoms with van der Waals surface area (Å²) in [5, 5.41) is 11.2. The molecule has 2 saturated heterocycles. The predicted octanol–water partition coefficient (Wildman–Crippen LogP) is 4.45. The van der Waals surface area contributed by atoms with Crippen molar-refractivity contribution in [2.75, 3.05) is 26.2 Å². The third-order valence-corrected chi connectivity index (χ3v) is 7.50. The first-order valence-corrected chi connectivity index (χ1v) is 12.5. The Morgan fingerprint density at radius 1 is 0.941 bits per heavy atom. The summed E-state index contributed by atoms with van der Waals surface area (Å²) in [6, 6.07) is 15.4. The summed E-state index contributed by atoms with van der Waals surface area (Å²) in [6.45, 7) is 6.65. The Balaban J connectivity index is 1.54. The van der Waals surface area contributed by atoms with Crippen LogP contribution in [0.1, 0.15) is 53.7 Å². The van der Waals surface area contributed by atoms with E-state index in [1.54, 1.807) is 28.8 Å². The number of likely N-dealkylation sites (tertiary alicyclic amines) is 2. The number of rotatable bonds is 5. The van der Waals surface area contributed by atoms with Gasteiger partial charge in [-0.3, -0.25) is 14.3 Å². The maximum atomic E-state index is 13.7. The van der Waals surface area contributed by atoms with Crippen molar-refractivity contribution < 1.29 is 9.90 Å². The highest BCUT2D eigenvalue weighted by atomic mass is 16.4. The number of aromatic nitrogens is 1. The Labute approximate surface area is 200 Å². The van der Waals surface area contributed by atoms with Crippen LogP contribution in [0.3, 0.4) is 0 Å². The zero-order chi connectivity index (χ0) is 23.7. The first kappa shape index (κ1) is 22.8. The molecule has 2 aromatic carbocycles. The van der Waals surface area contributed by atoms with Gasteiger partial charge in [0.25, 0.3) is 5.56 Å². The number of fused-ring (bicyclic) bond motifs is 1. The van der Waals surface area contributed by atoms with E-state index in [-0.39, 0.29) is 11.1 Å². The number of aromatic carboxylic acids is 1. The van der Waals surface area contributed by atoms with Crippen LogP contribution in [-0.4, -0.2) is 57.7 Å². The molecule has 1 N–H and O–H groups in total. The monoisotopic (exact) mass is 459 g/mol. The van der Waals surface area contributed by atoms with Crippen molar-refractivity contribution in [3.63, 3.8) is 0 Å². The lowest BCUT2D eigenvalue weighted by Crippen LogP contribution is -2.46. The van der Waals surface area contributed by atoms with Crippen molar-refractivity contribution in [3.05, 3.63) is 75.7 Å². The summed E-state index contributed by atoms with van der Waals surface area (Å²) in [4.78, 5) is 31.2. The Kier molecular flexibility index (Phi) is 6.53. The number of carbonyl (C=O) groups is 1. The van der Waals surface area contributed by atoms with Crippen molar-refractivity contribution in [1.29, 1.82) is 0 Å². The van der Waals surface area contributed by atoms with Gasteiger partial charge >= 0.3 is 5.97 Å². The third kappa shape index (κ3) is 4.40. The van der Waals surface area contributed by atoms with Crippen molar-refractivity contribution in [2.45, 2.75) is 51.6 Å². The lowest BCUT2D eigenvalue weighted by Gasteiger charge is -2.40. The summed E-state index contributed by atoms with van der Waals surface area (Å²) < 4.78 is 1.63. The van der Waals surface area contributed by atoms with Crippen LogP contribution in [0.15, 0.2) is 53.3 Å². The van der Waals surface area contributed by atoms with Crippen LogP contribution in [0.5, 0.6) is 0 Å². The molecule has 3 heterocycles. The van der Waals surface area contributed by atoms with E-state index in [0.29, 0.717) is 29.1 Å². The van der Waals surface area contributed by atoms with Gasteiger partial charge in [-0.15, -0.1) is 0 Å². The fourth-order valence-corrected chi connectivity index (χ4v) is 5.76. The minimum Gasteiger partial charge on any atom is -0.478 e. The number of hydrogen-bond donors (Lipinski definition) is 1. The molecule has 5 rings (SSSR count). The summed E-state index contributed by atoms with van der Waals surface area (Å²) in [7, 11) is 0. The maximum Gasteiger partial charge on any atom is 0.338 e. The minimum atomic E-state index is -0.990. The van der Waals surface area contributed by atoms with E-state index in [9.17, 15) is 14.7 Å². The van der Waals surface area contributed by atoms with Gasteiger partial charge in [0, 0.05) is 42.1 Å². The number of benzene rings is 2. The van der Waals surface area contributed by atoms with Crippen LogP contribution in [0.4, 0.5) is 0 Å². The maximum absolute atomic E-state index is 13.7. The second-order valence-electron chi connectivity index (χ2n) is 9.76. The molecule has 0 saturated carbocycles. The molecule has 2 fully saturated rings. The average molecular weight is 460 g/mol. The number of aryl methyl sites for hydroxylation is 1. The fraction of sp³-hybridized carbons (Fsp3) is 0.429. The Morgan fingerprint density at radius 2 is 1.65 bits per heavy atom. The lowest BCUT2D eigenvalue weighted by atomic mass is 9.98. The number of nitrogens with zero attached hydrogens (tertiary/aromatic N) is 3.